The highest BCUT2D eigenvalue weighted by Gasteiger charge is 2.31. The number of nitrogens with zero attached hydrogens (tertiary/aromatic N) is 3. The van der Waals surface area contributed by atoms with Gasteiger partial charge in [0.2, 0.25) is 0 Å². The van der Waals surface area contributed by atoms with Crippen LogP contribution in [-0.2, 0) is 15.7 Å². The van der Waals surface area contributed by atoms with Crippen molar-refractivity contribution in [3.8, 4) is 22.9 Å². The molecule has 1 aromatic heterocycles. The summed E-state index contributed by atoms with van der Waals surface area (Å²) in [7, 11) is 1.41. The predicted molar refractivity (Wildman–Crippen MR) is 147 cm³/mol. The number of carbonyl (C=O) groups is 1. The monoisotopic (exact) mass is 617 g/mol. The number of carbonyl (C=O) groups excluding carboxylic acids is 1. The lowest BCUT2D eigenvalue weighted by atomic mass is 10.1. The Labute approximate surface area is 235 Å². The number of rotatable bonds is 8. The van der Waals surface area contributed by atoms with Gasteiger partial charge in [0.15, 0.2) is 23.4 Å². The first-order valence-corrected chi connectivity index (χ1v) is 12.8. The lowest BCUT2D eigenvalue weighted by molar-refractivity contribution is -0.150. The summed E-state index contributed by atoms with van der Waals surface area (Å²) >= 11 is 3.38. The van der Waals surface area contributed by atoms with E-state index in [0.717, 1.165) is 16.8 Å². The van der Waals surface area contributed by atoms with Crippen LogP contribution >= 0.6 is 15.9 Å². The second-order valence-corrected chi connectivity index (χ2v) is 9.35. The maximum absolute atomic E-state index is 13.5. The van der Waals surface area contributed by atoms with Crippen molar-refractivity contribution in [3.63, 3.8) is 0 Å². The predicted octanol–water partition coefficient (Wildman–Crippen LogP) is 6.07. The van der Waals surface area contributed by atoms with Gasteiger partial charge < -0.3 is 14.2 Å². The van der Waals surface area contributed by atoms with Crippen LogP contribution in [0.25, 0.3) is 22.3 Å². The van der Waals surface area contributed by atoms with E-state index >= 15 is 0 Å². The van der Waals surface area contributed by atoms with Gasteiger partial charge in [0.1, 0.15) is 0 Å². The van der Waals surface area contributed by atoms with Crippen LogP contribution in [0.4, 0.5) is 13.2 Å². The highest BCUT2D eigenvalue weighted by atomic mass is 79.9. The standard InChI is InChI=1S/C28H23BrF3N3O5/c1-4-39-27(37)16(2)40-24-18(13-20(29)14-23(24)38-3)15-33-35-25(17-8-7-9-19(12-17)28(30,31)32)34-22-11-6-5-10-21(22)26(35)36/h5-16H,4H2,1-3H3/t16-/m1/s1. The Morgan fingerprint density at radius 1 is 1.15 bits per heavy atom. The largest absolute Gasteiger partial charge is 0.493 e. The lowest BCUT2D eigenvalue weighted by Crippen LogP contribution is -2.26. The van der Waals surface area contributed by atoms with E-state index in [4.69, 9.17) is 14.2 Å². The topological polar surface area (TPSA) is 92.0 Å². The van der Waals surface area contributed by atoms with Crippen molar-refractivity contribution in [2.75, 3.05) is 13.7 Å². The van der Waals surface area contributed by atoms with Crippen molar-refractivity contribution in [2.24, 2.45) is 5.10 Å². The Morgan fingerprint density at radius 2 is 1.90 bits per heavy atom. The molecule has 40 heavy (non-hydrogen) atoms. The first-order chi connectivity index (χ1) is 19.0. The van der Waals surface area contributed by atoms with Crippen LogP contribution in [0.1, 0.15) is 25.0 Å². The molecule has 4 aromatic rings. The molecule has 0 saturated heterocycles. The fourth-order valence-electron chi connectivity index (χ4n) is 3.82. The first kappa shape index (κ1) is 28.8. The molecule has 4 rings (SSSR count). The molecule has 0 aliphatic carbocycles. The van der Waals surface area contributed by atoms with Gasteiger partial charge in [0.25, 0.3) is 5.56 Å². The molecule has 0 unspecified atom stereocenters. The van der Waals surface area contributed by atoms with E-state index in [9.17, 15) is 22.8 Å². The zero-order valence-electron chi connectivity index (χ0n) is 21.5. The van der Waals surface area contributed by atoms with Gasteiger partial charge in [-0.3, -0.25) is 4.79 Å². The fraction of sp³-hybridized carbons (Fsp3) is 0.214. The summed E-state index contributed by atoms with van der Waals surface area (Å²) in [5.41, 5.74) is -0.865. The maximum atomic E-state index is 13.5. The molecular formula is C28H23BrF3N3O5. The van der Waals surface area contributed by atoms with Crippen molar-refractivity contribution < 1.29 is 32.2 Å². The average Bonchev–Trinajstić information content (AvgIpc) is 2.93. The smallest absolute Gasteiger partial charge is 0.416 e. The van der Waals surface area contributed by atoms with Crippen LogP contribution in [0.5, 0.6) is 11.5 Å². The summed E-state index contributed by atoms with van der Waals surface area (Å²) in [4.78, 5) is 30.2. The van der Waals surface area contributed by atoms with Gasteiger partial charge in [-0.05, 0) is 50.2 Å². The third kappa shape index (κ3) is 6.17. The van der Waals surface area contributed by atoms with Gasteiger partial charge in [-0.2, -0.15) is 22.9 Å². The number of fused-ring (bicyclic) bond motifs is 1. The van der Waals surface area contributed by atoms with E-state index < -0.39 is 29.4 Å². The van der Waals surface area contributed by atoms with Crippen LogP contribution < -0.4 is 15.0 Å². The molecule has 1 heterocycles. The average molecular weight is 618 g/mol. The number of esters is 1. The number of para-hydroxylation sites is 1. The van der Waals surface area contributed by atoms with Gasteiger partial charge in [-0.25, -0.2) is 9.78 Å². The van der Waals surface area contributed by atoms with Crippen LogP contribution in [0.3, 0.4) is 0 Å². The molecule has 0 spiro atoms. The highest BCUT2D eigenvalue weighted by Crippen LogP contribution is 2.35. The van der Waals surface area contributed by atoms with E-state index in [1.807, 2.05) is 0 Å². The summed E-state index contributed by atoms with van der Waals surface area (Å²) in [6.07, 6.45) is -4.33. The zero-order valence-corrected chi connectivity index (χ0v) is 23.1. The number of alkyl halides is 3. The molecule has 1 atom stereocenters. The first-order valence-electron chi connectivity index (χ1n) is 12.0. The molecule has 0 radical (unpaired) electrons. The van der Waals surface area contributed by atoms with Crippen molar-refractivity contribution in [1.82, 2.24) is 9.66 Å². The summed E-state index contributed by atoms with van der Waals surface area (Å²) in [6, 6.07) is 14.1. The Bertz CT molecular complexity index is 1650. The van der Waals surface area contributed by atoms with E-state index in [1.165, 1.54) is 32.4 Å². The van der Waals surface area contributed by atoms with Gasteiger partial charge >= 0.3 is 12.1 Å². The molecule has 0 amide bonds. The third-order valence-corrected chi connectivity index (χ3v) is 6.15. The molecule has 3 aromatic carbocycles. The Kier molecular flexibility index (Phi) is 8.58. The second kappa shape index (κ2) is 11.9. The molecule has 0 saturated carbocycles. The third-order valence-electron chi connectivity index (χ3n) is 5.70. The van der Waals surface area contributed by atoms with E-state index in [-0.39, 0.29) is 34.9 Å². The van der Waals surface area contributed by atoms with Crippen LogP contribution in [0.2, 0.25) is 0 Å². The van der Waals surface area contributed by atoms with Crippen LogP contribution in [-0.4, -0.2) is 41.7 Å². The maximum Gasteiger partial charge on any atom is 0.416 e. The van der Waals surface area contributed by atoms with Crippen molar-refractivity contribution >= 4 is 39.0 Å². The zero-order chi connectivity index (χ0) is 29.0. The molecule has 12 heteroatoms. The summed E-state index contributed by atoms with van der Waals surface area (Å²) in [6.45, 7) is 3.33. The Morgan fingerprint density at radius 3 is 2.60 bits per heavy atom. The van der Waals surface area contributed by atoms with E-state index in [1.54, 1.807) is 43.3 Å². The minimum Gasteiger partial charge on any atom is -0.493 e. The molecule has 0 fully saturated rings. The van der Waals surface area contributed by atoms with Crippen molar-refractivity contribution in [2.45, 2.75) is 26.1 Å². The van der Waals surface area contributed by atoms with E-state index in [0.29, 0.717) is 15.6 Å². The van der Waals surface area contributed by atoms with Gasteiger partial charge in [0, 0.05) is 15.6 Å². The summed E-state index contributed by atoms with van der Waals surface area (Å²) < 4.78 is 58.2. The molecular weight excluding hydrogens is 595 g/mol. The SMILES string of the molecule is CCOC(=O)[C@@H](C)Oc1c(C=Nn2c(-c3cccc(C(F)(F)F)c3)nc3ccccc3c2=O)cc(Br)cc1OC. The van der Waals surface area contributed by atoms with Gasteiger partial charge in [0.05, 0.1) is 36.4 Å². The van der Waals surface area contributed by atoms with Crippen molar-refractivity contribution in [3.05, 3.63) is 86.6 Å². The van der Waals surface area contributed by atoms with E-state index in [2.05, 4.69) is 26.0 Å². The highest BCUT2D eigenvalue weighted by molar-refractivity contribution is 9.10. The summed E-state index contributed by atoms with van der Waals surface area (Å²) in [5.74, 6) is -0.306. The Balaban J connectivity index is 1.90. The minimum absolute atomic E-state index is 0.0362. The molecule has 0 aliphatic rings. The number of benzene rings is 3. The van der Waals surface area contributed by atoms with Gasteiger partial charge in [-0.15, -0.1) is 0 Å². The van der Waals surface area contributed by atoms with Crippen LogP contribution in [0, 0.1) is 0 Å². The summed E-state index contributed by atoms with van der Waals surface area (Å²) in [5, 5.41) is 4.54. The lowest BCUT2D eigenvalue weighted by Gasteiger charge is -2.18. The minimum atomic E-state index is -4.60. The number of aromatic nitrogens is 2. The normalized spacial score (nSPS) is 12.5. The number of ether oxygens (including phenoxy) is 3. The molecule has 208 valence electrons. The molecule has 0 bridgehead atoms. The van der Waals surface area contributed by atoms with Gasteiger partial charge in [-0.1, -0.05) is 40.2 Å². The number of methoxy groups -OCH3 is 1. The van der Waals surface area contributed by atoms with Crippen molar-refractivity contribution in [1.29, 1.82) is 0 Å². The number of hydrogen-bond donors (Lipinski definition) is 0. The molecule has 0 N–H and O–H groups in total. The quantitative estimate of drug-likeness (QED) is 0.176. The number of hydrogen-bond acceptors (Lipinski definition) is 7. The molecule has 8 nitrogen and oxygen atoms in total. The van der Waals surface area contributed by atoms with Crippen LogP contribution in [0.15, 0.2) is 75.0 Å². The number of halogens is 4. The Hall–Kier alpha value is -4.19. The second-order valence-electron chi connectivity index (χ2n) is 8.43. The molecule has 0 aliphatic heterocycles. The fourth-order valence-corrected chi connectivity index (χ4v) is 4.27.